The Morgan fingerprint density at radius 3 is 2.18 bits per heavy atom. The fourth-order valence-corrected chi connectivity index (χ4v) is 3.75. The summed E-state index contributed by atoms with van der Waals surface area (Å²) in [5, 5.41) is 14.4. The molecule has 1 aromatic rings. The molecule has 1 aliphatic rings. The zero-order valence-electron chi connectivity index (χ0n) is 13.0. The highest BCUT2D eigenvalue weighted by atomic mass is 28.3. The van der Waals surface area contributed by atoms with Crippen LogP contribution in [-0.2, 0) is 11.0 Å². The number of hydrogen-bond acceptors (Lipinski definition) is 3. The molecule has 7 heteroatoms. The van der Waals surface area contributed by atoms with E-state index in [0.717, 1.165) is 12.1 Å². The highest BCUT2D eigenvalue weighted by Crippen LogP contribution is 2.32. The van der Waals surface area contributed by atoms with Gasteiger partial charge in [-0.15, -0.1) is 0 Å². The van der Waals surface area contributed by atoms with Crippen molar-refractivity contribution >= 4 is 13.8 Å². The lowest BCUT2D eigenvalue weighted by Crippen LogP contribution is -2.49. The van der Waals surface area contributed by atoms with E-state index in [2.05, 4.69) is 5.16 Å². The second-order valence-corrected chi connectivity index (χ2v) is 12.0. The zero-order valence-corrected chi connectivity index (χ0v) is 14.0. The van der Waals surface area contributed by atoms with Gasteiger partial charge in [-0.1, -0.05) is 43.9 Å². The first-order valence-electron chi connectivity index (χ1n) is 7.11. The van der Waals surface area contributed by atoms with E-state index >= 15 is 0 Å². The molecule has 3 nitrogen and oxygen atoms in total. The van der Waals surface area contributed by atoms with Crippen molar-refractivity contribution in [2.45, 2.75) is 44.6 Å². The van der Waals surface area contributed by atoms with Crippen LogP contribution in [0.25, 0.3) is 0 Å². The van der Waals surface area contributed by atoms with E-state index in [1.54, 1.807) is 0 Å². The number of oxime groups is 1. The normalized spacial score (nSPS) is 23.9. The molecule has 3 atom stereocenters. The molecule has 122 valence electrons. The topological polar surface area (TPSA) is 41.8 Å². The average molecular weight is 331 g/mol. The Kier molecular flexibility index (Phi) is 4.41. The summed E-state index contributed by atoms with van der Waals surface area (Å²) >= 11 is 0. The summed E-state index contributed by atoms with van der Waals surface area (Å²) < 4.78 is 37.8. The van der Waals surface area contributed by atoms with Gasteiger partial charge in [0.25, 0.3) is 0 Å². The van der Waals surface area contributed by atoms with Crippen molar-refractivity contribution in [3.63, 3.8) is 0 Å². The highest BCUT2D eigenvalue weighted by Gasteiger charge is 2.42. The first-order valence-corrected chi connectivity index (χ1v) is 10.7. The number of alkyl halides is 3. The van der Waals surface area contributed by atoms with Crippen LogP contribution in [0, 0.1) is 5.92 Å². The van der Waals surface area contributed by atoms with Crippen molar-refractivity contribution in [2.75, 3.05) is 0 Å². The molecular weight excluding hydrogens is 311 g/mol. The first-order chi connectivity index (χ1) is 10.0. The minimum atomic E-state index is -4.35. The zero-order chi connectivity index (χ0) is 16.7. The molecule has 0 radical (unpaired) electrons. The van der Waals surface area contributed by atoms with Crippen molar-refractivity contribution in [3.8, 4) is 0 Å². The molecule has 0 aromatic heterocycles. The molecule has 1 N–H and O–H groups in total. The van der Waals surface area contributed by atoms with E-state index in [1.807, 2.05) is 26.6 Å². The Balaban J connectivity index is 2.18. The monoisotopic (exact) mass is 331 g/mol. The molecule has 2 rings (SSSR count). The fraction of sp³-hybridized carbons (Fsp3) is 0.533. The summed E-state index contributed by atoms with van der Waals surface area (Å²) in [5.74, 6) is -0.168. The molecule has 1 aliphatic heterocycles. The minimum Gasteiger partial charge on any atom is -0.393 e. The molecular formula is C15H20F3NO2Si. The molecule has 1 aromatic carbocycles. The van der Waals surface area contributed by atoms with Gasteiger partial charge in [0.2, 0.25) is 0 Å². The lowest BCUT2D eigenvalue weighted by atomic mass is 9.94. The van der Waals surface area contributed by atoms with Crippen LogP contribution in [0.15, 0.2) is 29.4 Å². The van der Waals surface area contributed by atoms with Crippen LogP contribution in [-0.4, -0.2) is 30.7 Å². The summed E-state index contributed by atoms with van der Waals surface area (Å²) in [6.07, 6.45) is -4.79. The highest BCUT2D eigenvalue weighted by molar-refractivity contribution is 6.77. The van der Waals surface area contributed by atoms with Crippen molar-refractivity contribution < 1.29 is 23.1 Å². The van der Waals surface area contributed by atoms with Crippen LogP contribution in [0.2, 0.25) is 19.6 Å². The third-order valence-corrected chi connectivity index (χ3v) is 6.01. The summed E-state index contributed by atoms with van der Waals surface area (Å²) in [6, 6.07) is 4.86. The Hall–Kier alpha value is -1.34. The molecule has 0 spiro atoms. The van der Waals surface area contributed by atoms with Crippen LogP contribution >= 0.6 is 0 Å². The number of hydrogen-bond donors (Lipinski definition) is 1. The molecule has 0 amide bonds. The third-order valence-electron chi connectivity index (χ3n) is 3.90. The maximum absolute atomic E-state index is 12.6. The Morgan fingerprint density at radius 2 is 1.73 bits per heavy atom. The van der Waals surface area contributed by atoms with E-state index in [-0.39, 0.29) is 5.92 Å². The summed E-state index contributed by atoms with van der Waals surface area (Å²) in [7, 11) is -1.82. The van der Waals surface area contributed by atoms with Gasteiger partial charge in [0.1, 0.15) is 0 Å². The van der Waals surface area contributed by atoms with Crippen molar-refractivity contribution in [1.29, 1.82) is 0 Å². The predicted molar refractivity (Wildman–Crippen MR) is 81.4 cm³/mol. The molecule has 0 fully saturated rings. The summed E-state index contributed by atoms with van der Waals surface area (Å²) in [6.45, 7) is 7.97. The minimum absolute atomic E-state index is 0.168. The van der Waals surface area contributed by atoms with Gasteiger partial charge in [-0.3, -0.25) is 0 Å². The fourth-order valence-electron chi connectivity index (χ4n) is 2.42. The number of halogens is 3. The van der Waals surface area contributed by atoms with Gasteiger partial charge in [-0.25, -0.2) is 0 Å². The van der Waals surface area contributed by atoms with Gasteiger partial charge in [0.05, 0.1) is 25.1 Å². The van der Waals surface area contributed by atoms with Crippen molar-refractivity contribution in [3.05, 3.63) is 35.4 Å². The number of nitrogens with zero attached hydrogens (tertiary/aromatic N) is 1. The molecule has 0 unspecified atom stereocenters. The third kappa shape index (κ3) is 3.35. The van der Waals surface area contributed by atoms with E-state index in [4.69, 9.17) is 4.84 Å². The standard InChI is InChI=1S/C15H20F3NO2Si/c1-9-12(19-21-13(9)14(20)22(2,3)4)10-5-7-11(8-6-10)15(16,17)18/h5-9,13-14,20H,1-4H3/t9-,13-,14-/m0/s1. The Morgan fingerprint density at radius 1 is 1.18 bits per heavy atom. The Bertz CT molecular complexity index is 564. The number of benzene rings is 1. The number of rotatable bonds is 3. The van der Waals surface area contributed by atoms with Gasteiger partial charge < -0.3 is 9.94 Å². The maximum atomic E-state index is 12.6. The van der Waals surface area contributed by atoms with Gasteiger partial charge in [0.15, 0.2) is 6.10 Å². The molecule has 1 heterocycles. The molecule has 0 bridgehead atoms. The number of aliphatic hydroxyl groups is 1. The van der Waals surface area contributed by atoms with Crippen molar-refractivity contribution in [2.24, 2.45) is 11.1 Å². The van der Waals surface area contributed by atoms with Crippen LogP contribution in [0.4, 0.5) is 13.2 Å². The smallest absolute Gasteiger partial charge is 0.393 e. The van der Waals surface area contributed by atoms with E-state index in [0.29, 0.717) is 11.3 Å². The molecule has 0 aliphatic carbocycles. The first kappa shape index (κ1) is 17.0. The van der Waals surface area contributed by atoms with E-state index in [9.17, 15) is 18.3 Å². The van der Waals surface area contributed by atoms with Gasteiger partial charge >= 0.3 is 6.18 Å². The largest absolute Gasteiger partial charge is 0.416 e. The van der Waals surface area contributed by atoms with Gasteiger partial charge in [-0.2, -0.15) is 13.2 Å². The molecule has 22 heavy (non-hydrogen) atoms. The molecule has 0 saturated carbocycles. The quantitative estimate of drug-likeness (QED) is 0.859. The predicted octanol–water partition coefficient (Wildman–Crippen LogP) is 3.68. The maximum Gasteiger partial charge on any atom is 0.416 e. The average Bonchev–Trinajstić information content (AvgIpc) is 2.77. The van der Waals surface area contributed by atoms with E-state index < -0.39 is 31.6 Å². The molecule has 0 saturated heterocycles. The lowest BCUT2D eigenvalue weighted by molar-refractivity contribution is -0.137. The van der Waals surface area contributed by atoms with Crippen LogP contribution < -0.4 is 0 Å². The second-order valence-electron chi connectivity index (χ2n) is 6.72. The summed E-state index contributed by atoms with van der Waals surface area (Å²) in [5.41, 5.74) is -0.109. The van der Waals surface area contributed by atoms with Crippen LogP contribution in [0.5, 0.6) is 0 Å². The second kappa shape index (κ2) is 5.70. The Labute approximate surface area is 128 Å². The SMILES string of the molecule is C[C@H]1C(c2ccc(C(F)(F)F)cc2)=NO[C@@H]1[C@@H](O)[Si](C)(C)C. The van der Waals surface area contributed by atoms with Gasteiger partial charge in [-0.05, 0) is 17.7 Å². The van der Waals surface area contributed by atoms with E-state index in [1.165, 1.54) is 12.1 Å². The van der Waals surface area contributed by atoms with Crippen molar-refractivity contribution in [1.82, 2.24) is 0 Å². The van der Waals surface area contributed by atoms with Crippen LogP contribution in [0.3, 0.4) is 0 Å². The van der Waals surface area contributed by atoms with Gasteiger partial charge in [0, 0.05) is 5.92 Å². The lowest BCUT2D eigenvalue weighted by Gasteiger charge is -2.29. The van der Waals surface area contributed by atoms with Crippen LogP contribution in [0.1, 0.15) is 18.1 Å². The summed E-state index contributed by atoms with van der Waals surface area (Å²) in [4.78, 5) is 5.37. The number of aliphatic hydroxyl groups excluding tert-OH is 1.